The summed E-state index contributed by atoms with van der Waals surface area (Å²) in [7, 11) is -1.00. The van der Waals surface area contributed by atoms with Crippen LogP contribution in [-0.2, 0) is 0 Å². The minimum atomic E-state index is -1.00. The van der Waals surface area contributed by atoms with Crippen molar-refractivity contribution in [2.45, 2.75) is 51.4 Å². The molecule has 0 saturated carbocycles. The summed E-state index contributed by atoms with van der Waals surface area (Å²) < 4.78 is 5.71. The number of carbonyl (C=O) groups is 1. The van der Waals surface area contributed by atoms with Gasteiger partial charge in [-0.15, -0.1) is 0 Å². The Morgan fingerprint density at radius 3 is 2.32 bits per heavy atom. The van der Waals surface area contributed by atoms with E-state index in [1.807, 2.05) is 12.1 Å². The summed E-state index contributed by atoms with van der Waals surface area (Å²) in [4.78, 5) is 10.5. The van der Waals surface area contributed by atoms with Gasteiger partial charge in [0.05, 0.1) is 6.61 Å². The second kappa shape index (κ2) is 8.15. The van der Waals surface area contributed by atoms with Crippen molar-refractivity contribution in [1.82, 2.24) is 0 Å². The number of carbonyl (C=O) groups excluding carboxylic acids is 1. The third kappa shape index (κ3) is 6.57. The Bertz CT molecular complexity index is 371. The molecule has 0 atom stereocenters. The van der Waals surface area contributed by atoms with Crippen LogP contribution in [0.25, 0.3) is 0 Å². The Labute approximate surface area is 118 Å². The van der Waals surface area contributed by atoms with Crippen LogP contribution in [0.15, 0.2) is 24.3 Å². The lowest BCUT2D eigenvalue weighted by atomic mass is 10.2. The Morgan fingerprint density at radius 1 is 1.11 bits per heavy atom. The molecule has 3 heteroatoms. The lowest BCUT2D eigenvalue weighted by Crippen LogP contribution is -2.25. The van der Waals surface area contributed by atoms with Crippen molar-refractivity contribution in [3.63, 3.8) is 0 Å². The van der Waals surface area contributed by atoms with Crippen molar-refractivity contribution in [3.05, 3.63) is 29.8 Å². The fraction of sp³-hybridized carbons (Fsp3) is 0.562. The van der Waals surface area contributed by atoms with Gasteiger partial charge in [0.15, 0.2) is 0 Å². The van der Waals surface area contributed by atoms with Crippen LogP contribution in [0.4, 0.5) is 0 Å². The van der Waals surface area contributed by atoms with E-state index in [0.29, 0.717) is 5.56 Å². The quantitative estimate of drug-likeness (QED) is 0.369. The maximum atomic E-state index is 10.5. The molecule has 2 nitrogen and oxygen atoms in total. The van der Waals surface area contributed by atoms with Crippen molar-refractivity contribution in [1.29, 1.82) is 0 Å². The van der Waals surface area contributed by atoms with Gasteiger partial charge >= 0.3 is 0 Å². The number of ether oxygens (including phenoxy) is 1. The monoisotopic (exact) mass is 278 g/mol. The fourth-order valence-corrected chi connectivity index (χ4v) is 4.83. The van der Waals surface area contributed by atoms with Gasteiger partial charge in [0.1, 0.15) is 12.0 Å². The molecule has 0 unspecified atom stereocenters. The molecule has 19 heavy (non-hydrogen) atoms. The maximum absolute atomic E-state index is 10.5. The van der Waals surface area contributed by atoms with E-state index < -0.39 is 8.07 Å². The van der Waals surface area contributed by atoms with Crippen LogP contribution in [0.2, 0.25) is 25.2 Å². The first-order chi connectivity index (χ1) is 9.07. The number of benzene rings is 1. The highest BCUT2D eigenvalue weighted by Crippen LogP contribution is 2.20. The van der Waals surface area contributed by atoms with Crippen molar-refractivity contribution in [2.75, 3.05) is 6.61 Å². The highest BCUT2D eigenvalue weighted by Gasteiger charge is 2.18. The van der Waals surface area contributed by atoms with E-state index in [-0.39, 0.29) is 0 Å². The van der Waals surface area contributed by atoms with Gasteiger partial charge in [0.2, 0.25) is 0 Å². The molecule has 1 rings (SSSR count). The van der Waals surface area contributed by atoms with E-state index in [2.05, 4.69) is 20.0 Å². The first-order valence-corrected chi connectivity index (χ1v) is 10.7. The van der Waals surface area contributed by atoms with Gasteiger partial charge in [-0.2, -0.15) is 0 Å². The highest BCUT2D eigenvalue weighted by atomic mass is 28.3. The second-order valence-electron chi connectivity index (χ2n) is 5.91. The van der Waals surface area contributed by atoms with Crippen molar-refractivity contribution >= 4 is 14.4 Å². The molecular formula is C16H26O2Si. The predicted molar refractivity (Wildman–Crippen MR) is 83.9 cm³/mol. The average molecular weight is 278 g/mol. The van der Waals surface area contributed by atoms with Gasteiger partial charge in [-0.05, 0) is 30.7 Å². The molecule has 0 aromatic heterocycles. The summed E-state index contributed by atoms with van der Waals surface area (Å²) >= 11 is 0. The Balaban J connectivity index is 2.24. The molecular weight excluding hydrogens is 252 g/mol. The summed E-state index contributed by atoms with van der Waals surface area (Å²) in [5.41, 5.74) is 0.695. The summed E-state index contributed by atoms with van der Waals surface area (Å²) in [6.07, 6.45) is 4.66. The fourth-order valence-electron chi connectivity index (χ4n) is 2.16. The van der Waals surface area contributed by atoms with Gasteiger partial charge in [-0.25, -0.2) is 0 Å². The highest BCUT2D eigenvalue weighted by molar-refractivity contribution is 6.77. The average Bonchev–Trinajstić information content (AvgIpc) is 2.42. The molecule has 0 bridgehead atoms. The second-order valence-corrected chi connectivity index (χ2v) is 11.2. The standard InChI is InChI=1S/C16H26O2Si/c1-4-5-12-19(2,3)13-6-11-18-16-9-7-15(14-17)8-10-16/h7-10,14H,4-6,11-13H2,1-3H3. The van der Waals surface area contributed by atoms with Gasteiger partial charge in [-0.3, -0.25) is 4.79 Å². The molecule has 0 saturated heterocycles. The first-order valence-electron chi connectivity index (χ1n) is 7.25. The zero-order valence-corrected chi connectivity index (χ0v) is 13.4. The third-order valence-electron chi connectivity index (χ3n) is 3.49. The van der Waals surface area contributed by atoms with Crippen LogP contribution >= 0.6 is 0 Å². The molecule has 106 valence electrons. The molecule has 0 fully saturated rings. The Kier molecular flexibility index (Phi) is 6.85. The van der Waals surface area contributed by atoms with E-state index in [0.717, 1.165) is 25.1 Å². The van der Waals surface area contributed by atoms with E-state index >= 15 is 0 Å². The van der Waals surface area contributed by atoms with Gasteiger partial charge < -0.3 is 4.74 Å². The summed E-state index contributed by atoms with van der Waals surface area (Å²) in [5, 5.41) is 0. The first kappa shape index (κ1) is 16.0. The predicted octanol–water partition coefficient (Wildman–Crippen LogP) is 4.78. The van der Waals surface area contributed by atoms with Crippen molar-refractivity contribution < 1.29 is 9.53 Å². The van der Waals surface area contributed by atoms with Crippen LogP contribution in [0.3, 0.4) is 0 Å². The van der Waals surface area contributed by atoms with Crippen LogP contribution in [0.5, 0.6) is 5.75 Å². The Morgan fingerprint density at radius 2 is 1.74 bits per heavy atom. The zero-order chi connectivity index (χ0) is 14.1. The minimum Gasteiger partial charge on any atom is -0.494 e. The molecule has 0 N–H and O–H groups in total. The largest absolute Gasteiger partial charge is 0.494 e. The lowest BCUT2D eigenvalue weighted by molar-refractivity contribution is 0.112. The molecule has 0 amide bonds. The van der Waals surface area contributed by atoms with E-state index in [1.54, 1.807) is 12.1 Å². The number of rotatable bonds is 9. The zero-order valence-electron chi connectivity index (χ0n) is 12.4. The van der Waals surface area contributed by atoms with Crippen LogP contribution in [0, 0.1) is 0 Å². The topological polar surface area (TPSA) is 26.3 Å². The molecule has 0 aliphatic carbocycles. The SMILES string of the molecule is CCCC[Si](C)(C)CCCOc1ccc(C=O)cc1. The molecule has 0 aliphatic heterocycles. The van der Waals surface area contributed by atoms with E-state index in [9.17, 15) is 4.79 Å². The molecule has 1 aromatic rings. The van der Waals surface area contributed by atoms with Gasteiger partial charge in [-0.1, -0.05) is 44.9 Å². The number of unbranched alkanes of at least 4 members (excludes halogenated alkanes) is 1. The van der Waals surface area contributed by atoms with Crippen LogP contribution < -0.4 is 4.74 Å². The Hall–Kier alpha value is -1.09. The summed E-state index contributed by atoms with van der Waals surface area (Å²) in [6, 6.07) is 10.1. The minimum absolute atomic E-state index is 0.695. The van der Waals surface area contributed by atoms with Crippen molar-refractivity contribution in [2.24, 2.45) is 0 Å². The van der Waals surface area contributed by atoms with Crippen molar-refractivity contribution in [3.8, 4) is 5.75 Å². The summed E-state index contributed by atoms with van der Waals surface area (Å²) in [6.45, 7) is 7.99. The summed E-state index contributed by atoms with van der Waals surface area (Å²) in [5.74, 6) is 0.860. The number of hydrogen-bond acceptors (Lipinski definition) is 2. The normalized spacial score (nSPS) is 11.3. The molecule has 0 aliphatic rings. The van der Waals surface area contributed by atoms with E-state index in [1.165, 1.54) is 24.9 Å². The molecule has 0 radical (unpaired) electrons. The maximum Gasteiger partial charge on any atom is 0.150 e. The van der Waals surface area contributed by atoms with Gasteiger partial charge in [0, 0.05) is 13.6 Å². The van der Waals surface area contributed by atoms with Crippen LogP contribution in [0.1, 0.15) is 36.5 Å². The molecule has 0 spiro atoms. The van der Waals surface area contributed by atoms with E-state index in [4.69, 9.17) is 4.74 Å². The number of aldehydes is 1. The van der Waals surface area contributed by atoms with Gasteiger partial charge in [0.25, 0.3) is 0 Å². The lowest BCUT2D eigenvalue weighted by Gasteiger charge is -2.21. The molecule has 1 aromatic carbocycles. The number of hydrogen-bond donors (Lipinski definition) is 0. The van der Waals surface area contributed by atoms with Crippen LogP contribution in [-0.4, -0.2) is 21.0 Å². The molecule has 0 heterocycles. The smallest absolute Gasteiger partial charge is 0.150 e. The third-order valence-corrected chi connectivity index (χ3v) is 6.90.